The van der Waals surface area contributed by atoms with Crippen LogP contribution in [0, 0.1) is 0 Å². The molecule has 3 N–H and O–H groups in total. The van der Waals surface area contributed by atoms with Crippen molar-refractivity contribution in [3.63, 3.8) is 0 Å². The summed E-state index contributed by atoms with van der Waals surface area (Å²) in [7, 11) is 0. The third-order valence-electron chi connectivity index (χ3n) is 1.59. The Hall–Kier alpha value is -1.13. The van der Waals surface area contributed by atoms with Gasteiger partial charge in [0.15, 0.2) is 0 Å². The SMILES string of the molecule is NC(Cc1cccnc1Cl)C(=O)O. The molecule has 0 spiro atoms. The molecule has 0 saturated carbocycles. The summed E-state index contributed by atoms with van der Waals surface area (Å²) < 4.78 is 0. The molecule has 1 heterocycles. The highest BCUT2D eigenvalue weighted by Gasteiger charge is 2.13. The van der Waals surface area contributed by atoms with E-state index < -0.39 is 12.0 Å². The molecular formula is C8H9ClN2O2. The lowest BCUT2D eigenvalue weighted by atomic mass is 10.1. The molecule has 13 heavy (non-hydrogen) atoms. The van der Waals surface area contributed by atoms with Gasteiger partial charge in [0.05, 0.1) is 0 Å². The van der Waals surface area contributed by atoms with Crippen molar-refractivity contribution in [3.8, 4) is 0 Å². The molecule has 1 rings (SSSR count). The summed E-state index contributed by atoms with van der Waals surface area (Å²) in [5, 5.41) is 8.85. The molecular weight excluding hydrogens is 192 g/mol. The fourth-order valence-corrected chi connectivity index (χ4v) is 1.09. The lowest BCUT2D eigenvalue weighted by Gasteiger charge is -2.06. The topological polar surface area (TPSA) is 76.2 Å². The van der Waals surface area contributed by atoms with Gasteiger partial charge in [0.1, 0.15) is 11.2 Å². The first-order valence-corrected chi connectivity index (χ1v) is 4.07. The first-order chi connectivity index (χ1) is 6.11. The van der Waals surface area contributed by atoms with Crippen molar-refractivity contribution in [1.29, 1.82) is 0 Å². The lowest BCUT2D eigenvalue weighted by Crippen LogP contribution is -2.32. The van der Waals surface area contributed by atoms with E-state index in [0.717, 1.165) is 0 Å². The molecule has 1 atom stereocenters. The Morgan fingerprint density at radius 1 is 1.77 bits per heavy atom. The van der Waals surface area contributed by atoms with E-state index >= 15 is 0 Å². The third-order valence-corrected chi connectivity index (χ3v) is 1.93. The largest absolute Gasteiger partial charge is 0.480 e. The van der Waals surface area contributed by atoms with Crippen LogP contribution in [0.3, 0.4) is 0 Å². The van der Waals surface area contributed by atoms with Crippen LogP contribution in [-0.2, 0) is 11.2 Å². The van der Waals surface area contributed by atoms with Gasteiger partial charge >= 0.3 is 5.97 Å². The van der Waals surface area contributed by atoms with Crippen molar-refractivity contribution in [3.05, 3.63) is 29.0 Å². The summed E-state index contributed by atoms with van der Waals surface area (Å²) in [5.74, 6) is -1.04. The van der Waals surface area contributed by atoms with Crippen molar-refractivity contribution < 1.29 is 9.90 Å². The number of carboxylic acid groups (broad SMARTS) is 1. The number of hydrogen-bond acceptors (Lipinski definition) is 3. The standard InChI is InChI=1S/C8H9ClN2O2/c9-7-5(2-1-3-11-7)4-6(10)8(12)13/h1-3,6H,4,10H2,(H,12,13). The van der Waals surface area contributed by atoms with Crippen LogP contribution in [0.25, 0.3) is 0 Å². The van der Waals surface area contributed by atoms with Gasteiger partial charge in [-0.3, -0.25) is 4.79 Å². The van der Waals surface area contributed by atoms with Crippen LogP contribution in [0.1, 0.15) is 5.56 Å². The molecule has 0 aliphatic heterocycles. The normalized spacial score (nSPS) is 12.5. The molecule has 0 aromatic carbocycles. The minimum atomic E-state index is -1.04. The van der Waals surface area contributed by atoms with E-state index in [0.29, 0.717) is 10.7 Å². The molecule has 0 amide bonds. The van der Waals surface area contributed by atoms with Crippen molar-refractivity contribution in [1.82, 2.24) is 4.98 Å². The minimum absolute atomic E-state index is 0.196. The molecule has 1 unspecified atom stereocenters. The number of hydrogen-bond donors (Lipinski definition) is 2. The van der Waals surface area contributed by atoms with Gasteiger partial charge in [-0.25, -0.2) is 4.98 Å². The molecule has 0 bridgehead atoms. The van der Waals surface area contributed by atoms with Gasteiger partial charge in [-0.2, -0.15) is 0 Å². The van der Waals surface area contributed by atoms with Gasteiger partial charge in [-0.15, -0.1) is 0 Å². The predicted molar refractivity (Wildman–Crippen MR) is 48.6 cm³/mol. The van der Waals surface area contributed by atoms with Crippen LogP contribution in [0.15, 0.2) is 18.3 Å². The van der Waals surface area contributed by atoms with Crippen LogP contribution in [0.2, 0.25) is 5.15 Å². The Balaban J connectivity index is 2.74. The molecule has 0 fully saturated rings. The zero-order valence-electron chi connectivity index (χ0n) is 6.77. The van der Waals surface area contributed by atoms with Crippen molar-refractivity contribution >= 4 is 17.6 Å². The number of nitrogens with zero attached hydrogens (tertiary/aromatic N) is 1. The summed E-state index contributed by atoms with van der Waals surface area (Å²) in [6.07, 6.45) is 1.74. The third kappa shape index (κ3) is 2.68. The molecule has 1 aromatic rings. The van der Waals surface area contributed by atoms with Gasteiger partial charge in [0.2, 0.25) is 0 Å². The van der Waals surface area contributed by atoms with Crippen molar-refractivity contribution in [2.45, 2.75) is 12.5 Å². The Morgan fingerprint density at radius 3 is 3.00 bits per heavy atom. The lowest BCUT2D eigenvalue weighted by molar-refractivity contribution is -0.138. The zero-order chi connectivity index (χ0) is 9.84. The van der Waals surface area contributed by atoms with E-state index in [1.807, 2.05) is 0 Å². The summed E-state index contributed by atoms with van der Waals surface area (Å²) in [5.41, 5.74) is 5.98. The highest BCUT2D eigenvalue weighted by atomic mass is 35.5. The second kappa shape index (κ2) is 4.20. The number of halogens is 1. The van der Waals surface area contributed by atoms with Crippen LogP contribution in [0.4, 0.5) is 0 Å². The highest BCUT2D eigenvalue weighted by Crippen LogP contribution is 2.12. The van der Waals surface area contributed by atoms with E-state index in [-0.39, 0.29) is 6.42 Å². The summed E-state index contributed by atoms with van der Waals surface area (Å²) in [6.45, 7) is 0. The van der Waals surface area contributed by atoms with Gasteiger partial charge in [0.25, 0.3) is 0 Å². The summed E-state index contributed by atoms with van der Waals surface area (Å²) in [4.78, 5) is 14.2. The van der Waals surface area contributed by atoms with E-state index in [4.69, 9.17) is 22.4 Å². The second-order valence-electron chi connectivity index (χ2n) is 2.60. The molecule has 0 saturated heterocycles. The number of rotatable bonds is 3. The maximum atomic E-state index is 10.4. The second-order valence-corrected chi connectivity index (χ2v) is 2.96. The maximum absolute atomic E-state index is 10.4. The molecule has 0 aliphatic rings. The number of aromatic nitrogens is 1. The average molecular weight is 201 g/mol. The number of nitrogens with two attached hydrogens (primary N) is 1. The van der Waals surface area contributed by atoms with Crippen LogP contribution >= 0.6 is 11.6 Å². The molecule has 4 nitrogen and oxygen atoms in total. The summed E-state index contributed by atoms with van der Waals surface area (Å²) in [6, 6.07) is 2.47. The monoisotopic (exact) mass is 200 g/mol. The van der Waals surface area contributed by atoms with Gasteiger partial charge in [0, 0.05) is 12.6 Å². The van der Waals surface area contributed by atoms with Gasteiger partial charge in [-0.1, -0.05) is 17.7 Å². The molecule has 5 heteroatoms. The van der Waals surface area contributed by atoms with E-state index in [9.17, 15) is 4.79 Å². The minimum Gasteiger partial charge on any atom is -0.480 e. The van der Waals surface area contributed by atoms with E-state index in [2.05, 4.69) is 4.98 Å². The zero-order valence-corrected chi connectivity index (χ0v) is 7.53. The fourth-order valence-electron chi connectivity index (χ4n) is 0.896. The average Bonchev–Trinajstić information content (AvgIpc) is 2.08. The fraction of sp³-hybridized carbons (Fsp3) is 0.250. The molecule has 0 radical (unpaired) electrons. The highest BCUT2D eigenvalue weighted by molar-refractivity contribution is 6.30. The Morgan fingerprint density at radius 2 is 2.46 bits per heavy atom. The number of aliphatic carboxylic acids is 1. The number of carboxylic acids is 1. The maximum Gasteiger partial charge on any atom is 0.320 e. The summed E-state index contributed by atoms with van der Waals surface area (Å²) >= 11 is 5.71. The first kappa shape index (κ1) is 9.95. The van der Waals surface area contributed by atoms with E-state index in [1.165, 1.54) is 6.20 Å². The van der Waals surface area contributed by atoms with Crippen LogP contribution in [0.5, 0.6) is 0 Å². The smallest absolute Gasteiger partial charge is 0.320 e. The van der Waals surface area contributed by atoms with Crippen LogP contribution in [-0.4, -0.2) is 22.1 Å². The Kier molecular flexibility index (Phi) is 3.22. The number of pyridine rings is 1. The van der Waals surface area contributed by atoms with E-state index in [1.54, 1.807) is 12.1 Å². The first-order valence-electron chi connectivity index (χ1n) is 3.69. The Bertz CT molecular complexity index is 317. The predicted octanol–water partition coefficient (Wildman–Crippen LogP) is 0.689. The van der Waals surface area contributed by atoms with Crippen molar-refractivity contribution in [2.24, 2.45) is 5.73 Å². The molecule has 0 aliphatic carbocycles. The van der Waals surface area contributed by atoms with Crippen LogP contribution < -0.4 is 5.73 Å². The Labute approximate surface area is 80.3 Å². The van der Waals surface area contributed by atoms with Gasteiger partial charge in [-0.05, 0) is 11.6 Å². The van der Waals surface area contributed by atoms with Gasteiger partial charge < -0.3 is 10.8 Å². The molecule has 1 aromatic heterocycles. The molecule has 70 valence electrons. The quantitative estimate of drug-likeness (QED) is 0.704. The number of carbonyl (C=O) groups is 1. The van der Waals surface area contributed by atoms with Crippen molar-refractivity contribution in [2.75, 3.05) is 0 Å².